The van der Waals surface area contributed by atoms with E-state index in [1.54, 1.807) is 19.1 Å². The molecule has 0 aliphatic heterocycles. The predicted octanol–water partition coefficient (Wildman–Crippen LogP) is 4.40. The van der Waals surface area contributed by atoms with Crippen LogP contribution in [0.15, 0.2) is 48.0 Å². The Morgan fingerprint density at radius 1 is 1.09 bits per heavy atom. The van der Waals surface area contributed by atoms with Gasteiger partial charge in [-0.3, -0.25) is 4.79 Å². The van der Waals surface area contributed by atoms with Gasteiger partial charge >= 0.3 is 0 Å². The molecule has 0 saturated carbocycles. The molecule has 4 nitrogen and oxygen atoms in total. The maximum Gasteiger partial charge on any atom is 0.251 e. The number of hydrogen-bond acceptors (Lipinski definition) is 3. The van der Waals surface area contributed by atoms with Crippen LogP contribution in [0.1, 0.15) is 12.5 Å². The van der Waals surface area contributed by atoms with Crippen molar-refractivity contribution in [3.8, 4) is 11.5 Å². The number of amides is 1. The molecule has 0 spiro atoms. The number of hydrogen-bond donors (Lipinski definition) is 1. The molecule has 0 atom stereocenters. The van der Waals surface area contributed by atoms with E-state index in [1.165, 1.54) is 14.2 Å². The zero-order valence-electron chi connectivity index (χ0n) is 13.2. The van der Waals surface area contributed by atoms with Crippen molar-refractivity contribution in [1.82, 2.24) is 0 Å². The van der Waals surface area contributed by atoms with E-state index in [0.717, 1.165) is 5.56 Å². The third kappa shape index (κ3) is 4.27. The zero-order chi connectivity index (χ0) is 16.8. The summed E-state index contributed by atoms with van der Waals surface area (Å²) in [5.74, 6) is 0.709. The fourth-order valence-corrected chi connectivity index (χ4v) is 2.27. The van der Waals surface area contributed by atoms with E-state index < -0.39 is 0 Å². The molecule has 1 N–H and O–H groups in total. The number of carbonyl (C=O) groups is 1. The van der Waals surface area contributed by atoms with Crippen LogP contribution in [0.2, 0.25) is 5.02 Å². The first-order chi connectivity index (χ1) is 11.0. The van der Waals surface area contributed by atoms with Gasteiger partial charge in [0.2, 0.25) is 0 Å². The summed E-state index contributed by atoms with van der Waals surface area (Å²) in [7, 11) is 3.03. The van der Waals surface area contributed by atoms with E-state index in [1.807, 2.05) is 36.4 Å². The van der Waals surface area contributed by atoms with Crippen molar-refractivity contribution in [2.45, 2.75) is 6.92 Å². The van der Waals surface area contributed by atoms with Crippen molar-refractivity contribution < 1.29 is 14.3 Å². The van der Waals surface area contributed by atoms with Crippen molar-refractivity contribution in [3.05, 3.63) is 58.6 Å². The van der Waals surface area contributed by atoms with E-state index in [0.29, 0.717) is 27.8 Å². The lowest BCUT2D eigenvalue weighted by Gasteiger charge is -2.13. The van der Waals surface area contributed by atoms with Crippen LogP contribution in [-0.2, 0) is 4.79 Å². The molecule has 0 aromatic heterocycles. The Morgan fingerprint density at radius 3 is 2.35 bits per heavy atom. The van der Waals surface area contributed by atoms with Gasteiger partial charge in [0, 0.05) is 17.7 Å². The smallest absolute Gasteiger partial charge is 0.251 e. The number of nitrogens with one attached hydrogen (secondary N) is 1. The van der Waals surface area contributed by atoms with Gasteiger partial charge in [-0.1, -0.05) is 41.9 Å². The van der Waals surface area contributed by atoms with E-state index >= 15 is 0 Å². The SMILES string of the molecule is COc1cc(NC(=O)C(C)=Cc2ccccc2)c(OC)cc1Cl. The summed E-state index contributed by atoms with van der Waals surface area (Å²) in [6.45, 7) is 1.75. The third-order valence-electron chi connectivity index (χ3n) is 3.26. The molecule has 0 aliphatic carbocycles. The third-order valence-corrected chi connectivity index (χ3v) is 3.56. The molecule has 0 bridgehead atoms. The molecular formula is C18H18ClNO3. The average Bonchev–Trinajstić information content (AvgIpc) is 2.56. The predicted molar refractivity (Wildman–Crippen MR) is 93.3 cm³/mol. The molecule has 2 aromatic carbocycles. The topological polar surface area (TPSA) is 47.6 Å². The first-order valence-electron chi connectivity index (χ1n) is 7.01. The van der Waals surface area contributed by atoms with Crippen LogP contribution >= 0.6 is 11.6 Å². The van der Waals surface area contributed by atoms with Gasteiger partial charge in [-0.05, 0) is 18.6 Å². The van der Waals surface area contributed by atoms with Gasteiger partial charge in [-0.15, -0.1) is 0 Å². The molecular weight excluding hydrogens is 314 g/mol. The van der Waals surface area contributed by atoms with Gasteiger partial charge in [0.05, 0.1) is 24.9 Å². The highest BCUT2D eigenvalue weighted by atomic mass is 35.5. The molecule has 0 heterocycles. The summed E-state index contributed by atoms with van der Waals surface area (Å²) in [5, 5.41) is 3.23. The molecule has 23 heavy (non-hydrogen) atoms. The minimum absolute atomic E-state index is 0.225. The molecule has 0 fully saturated rings. The van der Waals surface area contributed by atoms with Crippen molar-refractivity contribution in [2.24, 2.45) is 0 Å². The standard InChI is InChI=1S/C18H18ClNO3/c1-12(9-13-7-5-4-6-8-13)18(21)20-15-11-16(22-2)14(19)10-17(15)23-3/h4-11H,1-3H3,(H,20,21). The molecule has 2 aromatic rings. The average molecular weight is 332 g/mol. The van der Waals surface area contributed by atoms with Crippen LogP contribution in [0.5, 0.6) is 11.5 Å². The molecule has 0 aliphatic rings. The summed E-state index contributed by atoms with van der Waals surface area (Å²) < 4.78 is 10.4. The van der Waals surface area contributed by atoms with Crippen molar-refractivity contribution in [3.63, 3.8) is 0 Å². The van der Waals surface area contributed by atoms with E-state index in [2.05, 4.69) is 5.32 Å². The fourth-order valence-electron chi connectivity index (χ4n) is 2.04. The number of methoxy groups -OCH3 is 2. The first-order valence-corrected chi connectivity index (χ1v) is 7.39. The molecule has 1 amide bonds. The second-order valence-electron chi connectivity index (χ2n) is 4.88. The van der Waals surface area contributed by atoms with Crippen LogP contribution in [0.3, 0.4) is 0 Å². The maximum absolute atomic E-state index is 12.4. The number of ether oxygens (including phenoxy) is 2. The van der Waals surface area contributed by atoms with Gasteiger partial charge in [0.1, 0.15) is 11.5 Å². The van der Waals surface area contributed by atoms with Crippen LogP contribution in [0.25, 0.3) is 6.08 Å². The lowest BCUT2D eigenvalue weighted by Crippen LogP contribution is -2.13. The van der Waals surface area contributed by atoms with Crippen LogP contribution in [0.4, 0.5) is 5.69 Å². The number of halogens is 1. The Balaban J connectivity index is 2.24. The Labute approximate surface area is 140 Å². The second kappa shape index (κ2) is 7.70. The van der Waals surface area contributed by atoms with Gasteiger partial charge in [0.15, 0.2) is 0 Å². The Morgan fingerprint density at radius 2 is 1.74 bits per heavy atom. The van der Waals surface area contributed by atoms with Crippen LogP contribution in [-0.4, -0.2) is 20.1 Å². The van der Waals surface area contributed by atoms with E-state index in [4.69, 9.17) is 21.1 Å². The summed E-state index contributed by atoms with van der Waals surface area (Å²) in [5.41, 5.74) is 2.03. The van der Waals surface area contributed by atoms with Crippen LogP contribution < -0.4 is 14.8 Å². The summed E-state index contributed by atoms with van der Waals surface area (Å²) >= 11 is 6.06. The largest absolute Gasteiger partial charge is 0.495 e. The van der Waals surface area contributed by atoms with Crippen molar-refractivity contribution in [1.29, 1.82) is 0 Å². The van der Waals surface area contributed by atoms with E-state index in [9.17, 15) is 4.79 Å². The van der Waals surface area contributed by atoms with E-state index in [-0.39, 0.29) is 5.91 Å². The van der Waals surface area contributed by atoms with Crippen LogP contribution in [0, 0.1) is 0 Å². The number of rotatable bonds is 5. The molecule has 120 valence electrons. The molecule has 2 rings (SSSR count). The number of benzene rings is 2. The Hall–Kier alpha value is -2.46. The highest BCUT2D eigenvalue weighted by Gasteiger charge is 2.13. The van der Waals surface area contributed by atoms with Gasteiger partial charge in [-0.25, -0.2) is 0 Å². The minimum atomic E-state index is -0.225. The summed E-state index contributed by atoms with van der Waals surface area (Å²) in [4.78, 5) is 12.4. The maximum atomic E-state index is 12.4. The molecule has 0 saturated heterocycles. The fraction of sp³-hybridized carbons (Fsp3) is 0.167. The summed E-state index contributed by atoms with van der Waals surface area (Å²) in [6, 6.07) is 12.9. The van der Waals surface area contributed by atoms with Gasteiger partial charge in [-0.2, -0.15) is 0 Å². The number of carbonyl (C=O) groups excluding carboxylic acids is 1. The lowest BCUT2D eigenvalue weighted by atomic mass is 10.1. The monoisotopic (exact) mass is 331 g/mol. The highest BCUT2D eigenvalue weighted by Crippen LogP contribution is 2.36. The Kier molecular flexibility index (Phi) is 5.66. The van der Waals surface area contributed by atoms with Crippen molar-refractivity contribution >= 4 is 29.3 Å². The molecule has 5 heteroatoms. The zero-order valence-corrected chi connectivity index (χ0v) is 14.0. The summed E-state index contributed by atoms with van der Waals surface area (Å²) in [6.07, 6.45) is 1.81. The second-order valence-corrected chi connectivity index (χ2v) is 5.29. The van der Waals surface area contributed by atoms with Gasteiger partial charge < -0.3 is 14.8 Å². The van der Waals surface area contributed by atoms with Crippen molar-refractivity contribution in [2.75, 3.05) is 19.5 Å². The quantitative estimate of drug-likeness (QED) is 0.826. The van der Waals surface area contributed by atoms with Gasteiger partial charge in [0.25, 0.3) is 5.91 Å². The molecule has 0 unspecified atom stereocenters. The lowest BCUT2D eigenvalue weighted by molar-refractivity contribution is -0.112. The normalized spacial score (nSPS) is 11.0. The highest BCUT2D eigenvalue weighted by molar-refractivity contribution is 6.32. The number of anilines is 1. The Bertz CT molecular complexity index is 727. The minimum Gasteiger partial charge on any atom is -0.495 e. The first kappa shape index (κ1) is 16.9. The molecule has 0 radical (unpaired) electrons.